The van der Waals surface area contributed by atoms with Crippen LogP contribution in [0.3, 0.4) is 0 Å². The van der Waals surface area contributed by atoms with Gasteiger partial charge in [-0.15, -0.1) is 0 Å². The molecule has 1 unspecified atom stereocenters. The fourth-order valence-electron chi connectivity index (χ4n) is 4.50. The van der Waals surface area contributed by atoms with Crippen LogP contribution in [0.5, 0.6) is 0 Å². The molecule has 1 fully saturated rings. The molecule has 0 radical (unpaired) electrons. The fourth-order valence-corrected chi connectivity index (χ4v) is 4.50. The predicted octanol–water partition coefficient (Wildman–Crippen LogP) is 3.75. The average molecular weight is 395 g/mol. The Labute approximate surface area is 170 Å². The van der Waals surface area contributed by atoms with E-state index in [0.717, 1.165) is 35.1 Å². The minimum atomic E-state index is -1.39. The number of nitrogens with zero attached hydrogens (tertiary/aromatic N) is 1. The zero-order chi connectivity index (χ0) is 20.6. The van der Waals surface area contributed by atoms with Crippen molar-refractivity contribution in [1.82, 2.24) is 4.90 Å². The quantitative estimate of drug-likeness (QED) is 0.773. The summed E-state index contributed by atoms with van der Waals surface area (Å²) in [4.78, 5) is 26.2. The number of amides is 1. The Balaban J connectivity index is 1.55. The van der Waals surface area contributed by atoms with Gasteiger partial charge in [-0.3, -0.25) is 4.90 Å². The van der Waals surface area contributed by atoms with Crippen molar-refractivity contribution in [3.8, 4) is 11.1 Å². The van der Waals surface area contributed by atoms with Gasteiger partial charge in [0.05, 0.1) is 6.61 Å². The van der Waals surface area contributed by atoms with Gasteiger partial charge in [0.2, 0.25) is 0 Å². The molecular formula is C23H25NO5. The van der Waals surface area contributed by atoms with Crippen LogP contribution in [0.1, 0.15) is 29.9 Å². The molecule has 2 aromatic carbocycles. The van der Waals surface area contributed by atoms with Crippen molar-refractivity contribution in [2.24, 2.45) is 5.92 Å². The van der Waals surface area contributed by atoms with Crippen molar-refractivity contribution < 1.29 is 24.2 Å². The minimum Gasteiger partial charge on any atom is -0.479 e. The van der Waals surface area contributed by atoms with E-state index >= 15 is 0 Å². The first kappa shape index (κ1) is 19.5. The van der Waals surface area contributed by atoms with Crippen molar-refractivity contribution in [3.05, 3.63) is 59.7 Å². The number of aliphatic carboxylic acids is 1. The summed E-state index contributed by atoms with van der Waals surface area (Å²) in [6.45, 7) is 0.0955. The second-order valence-corrected chi connectivity index (χ2v) is 7.80. The number of carboxylic acids is 1. The van der Waals surface area contributed by atoms with Crippen LogP contribution < -0.4 is 0 Å². The van der Waals surface area contributed by atoms with Crippen molar-refractivity contribution in [1.29, 1.82) is 0 Å². The summed E-state index contributed by atoms with van der Waals surface area (Å²) in [6, 6.07) is 16.2. The molecule has 1 saturated carbocycles. The minimum absolute atomic E-state index is 0.0618. The highest BCUT2D eigenvalue weighted by atomic mass is 16.6. The van der Waals surface area contributed by atoms with Gasteiger partial charge in [0.15, 0.2) is 5.54 Å². The summed E-state index contributed by atoms with van der Waals surface area (Å²) >= 11 is 0. The number of hydrogen-bond donors (Lipinski definition) is 1. The van der Waals surface area contributed by atoms with Gasteiger partial charge in [0.25, 0.3) is 0 Å². The predicted molar refractivity (Wildman–Crippen MR) is 108 cm³/mol. The fraction of sp³-hybridized carbons (Fsp3) is 0.391. The lowest BCUT2D eigenvalue weighted by atomic mass is 9.92. The third kappa shape index (κ3) is 3.17. The molecular weight excluding hydrogens is 370 g/mol. The molecule has 1 amide bonds. The Morgan fingerprint density at radius 2 is 1.62 bits per heavy atom. The number of carbonyl (C=O) groups excluding carboxylic acids is 1. The van der Waals surface area contributed by atoms with Crippen LogP contribution in [0, 0.1) is 5.92 Å². The third-order valence-electron chi connectivity index (χ3n) is 6.20. The number of fused-ring (bicyclic) bond motifs is 3. The van der Waals surface area contributed by atoms with Crippen molar-refractivity contribution in [3.63, 3.8) is 0 Å². The Morgan fingerprint density at radius 3 is 2.10 bits per heavy atom. The number of methoxy groups -OCH3 is 1. The van der Waals surface area contributed by atoms with Crippen LogP contribution in [0.15, 0.2) is 48.5 Å². The standard InChI is InChI=1S/C23H25NO5/c1-24(23(14-28-2,21(25)26)15-11-12-15)22(27)29-13-20-18-9-5-3-7-16(18)17-8-4-6-10-19(17)20/h3-10,15,20H,11-14H2,1-2H3,(H,25,26). The molecule has 29 heavy (non-hydrogen) atoms. The van der Waals surface area contributed by atoms with Crippen LogP contribution in [-0.2, 0) is 14.3 Å². The topological polar surface area (TPSA) is 76.1 Å². The van der Waals surface area contributed by atoms with E-state index < -0.39 is 17.6 Å². The molecule has 0 aliphatic heterocycles. The first-order valence-electron chi connectivity index (χ1n) is 9.82. The smallest absolute Gasteiger partial charge is 0.410 e. The lowest BCUT2D eigenvalue weighted by Crippen LogP contribution is -2.60. The molecule has 0 bridgehead atoms. The van der Waals surface area contributed by atoms with Crippen LogP contribution in [-0.4, -0.2) is 55.0 Å². The molecule has 0 aromatic heterocycles. The van der Waals surface area contributed by atoms with E-state index in [1.54, 1.807) is 0 Å². The number of carbonyl (C=O) groups is 2. The highest BCUT2D eigenvalue weighted by molar-refractivity contribution is 5.85. The number of benzene rings is 2. The molecule has 6 nitrogen and oxygen atoms in total. The summed E-state index contributed by atoms with van der Waals surface area (Å²) in [5.41, 5.74) is 3.14. The van der Waals surface area contributed by atoms with Gasteiger partial charge < -0.3 is 14.6 Å². The Morgan fingerprint density at radius 1 is 1.07 bits per heavy atom. The second kappa shape index (κ2) is 7.52. The summed E-state index contributed by atoms with van der Waals surface area (Å²) in [7, 11) is 2.94. The van der Waals surface area contributed by atoms with Crippen molar-refractivity contribution in [2.45, 2.75) is 24.3 Å². The van der Waals surface area contributed by atoms with E-state index in [2.05, 4.69) is 12.1 Å². The van der Waals surface area contributed by atoms with Gasteiger partial charge in [-0.1, -0.05) is 48.5 Å². The molecule has 1 N–H and O–H groups in total. The maximum absolute atomic E-state index is 12.9. The Kier molecular flexibility index (Phi) is 5.04. The van der Waals surface area contributed by atoms with Crippen molar-refractivity contribution >= 4 is 12.1 Å². The number of carboxylic acid groups (broad SMARTS) is 1. The number of rotatable bonds is 7. The number of ether oxygens (including phenoxy) is 2. The van der Waals surface area contributed by atoms with Gasteiger partial charge in [0.1, 0.15) is 6.61 Å². The zero-order valence-corrected chi connectivity index (χ0v) is 16.6. The highest BCUT2D eigenvalue weighted by Crippen LogP contribution is 2.45. The molecule has 0 heterocycles. The molecule has 0 saturated heterocycles. The molecule has 152 valence electrons. The summed E-state index contributed by atoms with van der Waals surface area (Å²) in [5.74, 6) is -1.24. The van der Waals surface area contributed by atoms with E-state index in [9.17, 15) is 14.7 Å². The van der Waals surface area contributed by atoms with Gasteiger partial charge in [-0.05, 0) is 41.0 Å². The molecule has 1 atom stereocenters. The highest BCUT2D eigenvalue weighted by Gasteiger charge is 2.56. The molecule has 4 rings (SSSR count). The molecule has 0 spiro atoms. The van der Waals surface area contributed by atoms with Crippen LogP contribution >= 0.6 is 0 Å². The molecule has 2 aliphatic rings. The second-order valence-electron chi connectivity index (χ2n) is 7.80. The first-order valence-corrected chi connectivity index (χ1v) is 9.82. The van der Waals surface area contributed by atoms with E-state index in [1.807, 2.05) is 36.4 Å². The van der Waals surface area contributed by atoms with E-state index in [4.69, 9.17) is 9.47 Å². The van der Waals surface area contributed by atoms with Crippen LogP contribution in [0.25, 0.3) is 11.1 Å². The molecule has 2 aliphatic carbocycles. The number of likely N-dealkylation sites (N-methyl/N-ethyl adjacent to an activating group) is 1. The first-order chi connectivity index (χ1) is 14.0. The summed E-state index contributed by atoms with van der Waals surface area (Å²) in [6.07, 6.45) is 0.881. The van der Waals surface area contributed by atoms with E-state index in [0.29, 0.717) is 0 Å². The van der Waals surface area contributed by atoms with Gasteiger partial charge in [-0.2, -0.15) is 0 Å². The largest absolute Gasteiger partial charge is 0.479 e. The maximum atomic E-state index is 12.9. The molecule has 6 heteroatoms. The summed E-state index contributed by atoms with van der Waals surface area (Å²) in [5, 5.41) is 9.90. The third-order valence-corrected chi connectivity index (χ3v) is 6.20. The molecule has 2 aromatic rings. The van der Waals surface area contributed by atoms with Crippen LogP contribution in [0.2, 0.25) is 0 Å². The Bertz CT molecular complexity index is 893. The summed E-state index contributed by atoms with van der Waals surface area (Å²) < 4.78 is 10.8. The van der Waals surface area contributed by atoms with E-state index in [-0.39, 0.29) is 25.0 Å². The normalized spacial score (nSPS) is 17.2. The number of hydrogen-bond acceptors (Lipinski definition) is 4. The monoisotopic (exact) mass is 395 g/mol. The lowest BCUT2D eigenvalue weighted by molar-refractivity contribution is -0.155. The Hall–Kier alpha value is -2.86. The average Bonchev–Trinajstić information content (AvgIpc) is 3.53. The SMILES string of the molecule is COCC(C(=O)O)(C1CC1)N(C)C(=O)OCC1c2ccccc2-c2ccccc21. The zero-order valence-electron chi connectivity index (χ0n) is 16.6. The van der Waals surface area contributed by atoms with Gasteiger partial charge in [0, 0.05) is 20.1 Å². The van der Waals surface area contributed by atoms with Gasteiger partial charge >= 0.3 is 12.1 Å². The maximum Gasteiger partial charge on any atom is 0.410 e. The van der Waals surface area contributed by atoms with Gasteiger partial charge in [-0.25, -0.2) is 9.59 Å². The van der Waals surface area contributed by atoms with Crippen LogP contribution in [0.4, 0.5) is 4.79 Å². The lowest BCUT2D eigenvalue weighted by Gasteiger charge is -2.37. The van der Waals surface area contributed by atoms with E-state index in [1.165, 1.54) is 19.1 Å². The van der Waals surface area contributed by atoms with Crippen molar-refractivity contribution in [2.75, 3.05) is 27.4 Å².